The van der Waals surface area contributed by atoms with Crippen LogP contribution in [0, 0.1) is 0 Å². The first kappa shape index (κ1) is 20.2. The number of hydrogen-bond acceptors (Lipinski definition) is 4. The van der Waals surface area contributed by atoms with E-state index >= 15 is 0 Å². The summed E-state index contributed by atoms with van der Waals surface area (Å²) < 4.78 is 34.3. The average Bonchev–Trinajstić information content (AvgIpc) is 2.65. The number of halogens is 2. The summed E-state index contributed by atoms with van der Waals surface area (Å²) in [5.74, 6) is -0.512. The van der Waals surface area contributed by atoms with Crippen LogP contribution >= 0.6 is 27.5 Å². The number of sulfonamides is 1. The lowest BCUT2D eigenvalue weighted by molar-refractivity contribution is 0.0696. The second kappa shape index (κ2) is 8.22. The first-order valence-electron chi connectivity index (χ1n) is 7.84. The number of carboxylic acid groups (broad SMARTS) is 1. The van der Waals surface area contributed by atoms with E-state index in [-0.39, 0.29) is 21.9 Å². The number of para-hydroxylation sites is 2. The molecule has 6 nitrogen and oxygen atoms in total. The monoisotopic (exact) mass is 481 g/mol. The Balaban J connectivity index is 1.89. The number of hydrogen-bond donors (Lipinski definition) is 2. The minimum atomic E-state index is -3.95. The quantitative estimate of drug-likeness (QED) is 0.491. The number of rotatable bonds is 6. The molecule has 3 rings (SSSR count). The number of carboxylic acids is 1. The highest BCUT2D eigenvalue weighted by atomic mass is 79.9. The van der Waals surface area contributed by atoms with E-state index < -0.39 is 16.0 Å². The summed E-state index contributed by atoms with van der Waals surface area (Å²) >= 11 is 9.47. The van der Waals surface area contributed by atoms with Gasteiger partial charge in [-0.15, -0.1) is 0 Å². The topological polar surface area (TPSA) is 92.7 Å². The maximum atomic E-state index is 12.7. The fraction of sp³-hybridized carbons (Fsp3) is 0. The Bertz CT molecular complexity index is 1130. The summed E-state index contributed by atoms with van der Waals surface area (Å²) in [5, 5.41) is 9.29. The highest BCUT2D eigenvalue weighted by Gasteiger charge is 2.18. The van der Waals surface area contributed by atoms with Crippen molar-refractivity contribution in [2.24, 2.45) is 0 Å². The molecule has 2 N–H and O–H groups in total. The molecule has 0 aromatic heterocycles. The molecule has 3 aromatic rings. The molecule has 0 amide bonds. The Morgan fingerprint density at radius 2 is 1.68 bits per heavy atom. The molecule has 0 saturated heterocycles. The van der Waals surface area contributed by atoms with Crippen molar-refractivity contribution in [3.63, 3.8) is 0 Å². The van der Waals surface area contributed by atoms with Crippen LogP contribution < -0.4 is 9.46 Å². The average molecular weight is 483 g/mol. The summed E-state index contributed by atoms with van der Waals surface area (Å²) in [6.07, 6.45) is 0. The van der Waals surface area contributed by atoms with Gasteiger partial charge in [0.25, 0.3) is 10.0 Å². The Kier molecular flexibility index (Phi) is 5.93. The van der Waals surface area contributed by atoms with Crippen LogP contribution in [0.25, 0.3) is 0 Å². The van der Waals surface area contributed by atoms with Crippen LogP contribution in [0.3, 0.4) is 0 Å². The van der Waals surface area contributed by atoms with E-state index in [2.05, 4.69) is 20.7 Å². The maximum absolute atomic E-state index is 12.7. The van der Waals surface area contributed by atoms with Crippen LogP contribution in [0.15, 0.2) is 76.1 Å². The lowest BCUT2D eigenvalue weighted by Gasteiger charge is -2.14. The number of aromatic carboxylic acids is 1. The molecule has 0 spiro atoms. The van der Waals surface area contributed by atoms with Gasteiger partial charge in [0.05, 0.1) is 21.2 Å². The molecular weight excluding hydrogens is 470 g/mol. The van der Waals surface area contributed by atoms with Gasteiger partial charge in [0.1, 0.15) is 5.75 Å². The van der Waals surface area contributed by atoms with Crippen LogP contribution in [0.5, 0.6) is 11.5 Å². The van der Waals surface area contributed by atoms with Crippen LogP contribution in [-0.2, 0) is 10.0 Å². The van der Waals surface area contributed by atoms with E-state index in [0.29, 0.717) is 10.8 Å². The molecule has 0 unspecified atom stereocenters. The fourth-order valence-corrected chi connectivity index (χ4v) is 4.08. The molecular formula is C19H13BrClNO5S. The molecule has 0 saturated carbocycles. The second-order valence-electron chi connectivity index (χ2n) is 5.61. The van der Waals surface area contributed by atoms with Crippen molar-refractivity contribution >= 4 is 49.2 Å². The molecule has 0 radical (unpaired) electrons. The van der Waals surface area contributed by atoms with Crippen LogP contribution in [0.4, 0.5) is 5.69 Å². The first-order valence-corrected chi connectivity index (χ1v) is 10.5. The Hall–Kier alpha value is -2.55. The highest BCUT2D eigenvalue weighted by Crippen LogP contribution is 2.35. The van der Waals surface area contributed by atoms with E-state index in [0.717, 1.165) is 4.47 Å². The van der Waals surface area contributed by atoms with E-state index in [9.17, 15) is 13.2 Å². The van der Waals surface area contributed by atoms with Crippen molar-refractivity contribution in [3.05, 3.63) is 81.8 Å². The number of ether oxygens (including phenoxy) is 1. The molecule has 0 aliphatic rings. The predicted molar refractivity (Wildman–Crippen MR) is 110 cm³/mol. The molecule has 0 aliphatic heterocycles. The van der Waals surface area contributed by atoms with Crippen molar-refractivity contribution in [1.82, 2.24) is 0 Å². The summed E-state index contributed by atoms with van der Waals surface area (Å²) in [4.78, 5) is 10.8. The number of nitrogens with one attached hydrogen (secondary N) is 1. The minimum absolute atomic E-state index is 0.00689. The third-order valence-electron chi connectivity index (χ3n) is 3.66. The van der Waals surface area contributed by atoms with Gasteiger partial charge in [-0.3, -0.25) is 4.72 Å². The van der Waals surface area contributed by atoms with Gasteiger partial charge >= 0.3 is 5.97 Å². The summed E-state index contributed by atoms with van der Waals surface area (Å²) in [6, 6.07) is 16.5. The maximum Gasteiger partial charge on any atom is 0.335 e. The number of anilines is 1. The molecule has 28 heavy (non-hydrogen) atoms. The van der Waals surface area contributed by atoms with Gasteiger partial charge in [-0.1, -0.05) is 39.7 Å². The molecule has 0 fully saturated rings. The zero-order valence-electron chi connectivity index (χ0n) is 14.1. The number of benzene rings is 3. The minimum Gasteiger partial charge on any atom is -0.478 e. The van der Waals surface area contributed by atoms with Gasteiger partial charge in [0, 0.05) is 4.47 Å². The fourth-order valence-electron chi connectivity index (χ4n) is 2.30. The molecule has 0 bridgehead atoms. The molecule has 0 heterocycles. The summed E-state index contributed by atoms with van der Waals surface area (Å²) in [5.41, 5.74) is 0.205. The third kappa shape index (κ3) is 4.64. The van der Waals surface area contributed by atoms with Gasteiger partial charge in [-0.2, -0.15) is 0 Å². The largest absolute Gasteiger partial charge is 0.478 e. The summed E-state index contributed by atoms with van der Waals surface area (Å²) in [6.45, 7) is 0. The number of carbonyl (C=O) groups is 1. The Morgan fingerprint density at radius 3 is 2.32 bits per heavy atom. The van der Waals surface area contributed by atoms with Crippen molar-refractivity contribution in [1.29, 1.82) is 0 Å². The summed E-state index contributed by atoms with van der Waals surface area (Å²) in [7, 11) is -3.95. The molecule has 9 heteroatoms. The zero-order chi connectivity index (χ0) is 20.3. The van der Waals surface area contributed by atoms with E-state index in [4.69, 9.17) is 21.4 Å². The lowest BCUT2D eigenvalue weighted by atomic mass is 10.2. The Labute approximate surface area is 174 Å². The second-order valence-corrected chi connectivity index (χ2v) is 8.61. The predicted octanol–water partition coefficient (Wildman–Crippen LogP) is 5.39. The third-order valence-corrected chi connectivity index (χ3v) is 5.83. The van der Waals surface area contributed by atoms with Crippen molar-refractivity contribution in [2.45, 2.75) is 4.90 Å². The SMILES string of the molecule is O=C(O)c1ccc(S(=O)(=O)Nc2ccccc2Oc2ccc(Br)cc2Cl)cc1. The molecule has 144 valence electrons. The van der Waals surface area contributed by atoms with Gasteiger partial charge in [-0.05, 0) is 54.6 Å². The lowest BCUT2D eigenvalue weighted by Crippen LogP contribution is -2.13. The van der Waals surface area contributed by atoms with Crippen molar-refractivity contribution < 1.29 is 23.1 Å². The van der Waals surface area contributed by atoms with Gasteiger partial charge in [0.15, 0.2) is 5.75 Å². The van der Waals surface area contributed by atoms with Gasteiger partial charge in [-0.25, -0.2) is 13.2 Å². The standard InChI is InChI=1S/C19H13BrClNO5S/c20-13-7-10-17(15(21)11-13)27-18-4-2-1-3-16(18)22-28(25,26)14-8-5-12(6-9-14)19(23)24/h1-11,22H,(H,23,24). The Morgan fingerprint density at radius 1 is 1.00 bits per heavy atom. The van der Waals surface area contributed by atoms with Crippen LogP contribution in [-0.4, -0.2) is 19.5 Å². The normalized spacial score (nSPS) is 11.1. The van der Waals surface area contributed by atoms with Crippen LogP contribution in [0.2, 0.25) is 5.02 Å². The zero-order valence-corrected chi connectivity index (χ0v) is 17.3. The van der Waals surface area contributed by atoms with Gasteiger partial charge < -0.3 is 9.84 Å². The van der Waals surface area contributed by atoms with E-state index in [1.165, 1.54) is 24.3 Å². The van der Waals surface area contributed by atoms with Crippen LogP contribution in [0.1, 0.15) is 10.4 Å². The molecule has 3 aromatic carbocycles. The highest BCUT2D eigenvalue weighted by molar-refractivity contribution is 9.10. The smallest absolute Gasteiger partial charge is 0.335 e. The first-order chi connectivity index (χ1) is 13.3. The van der Waals surface area contributed by atoms with E-state index in [1.807, 2.05) is 0 Å². The molecule has 0 atom stereocenters. The van der Waals surface area contributed by atoms with Gasteiger partial charge in [0.2, 0.25) is 0 Å². The van der Waals surface area contributed by atoms with Crippen molar-refractivity contribution in [3.8, 4) is 11.5 Å². The molecule has 0 aliphatic carbocycles. The van der Waals surface area contributed by atoms with Crippen molar-refractivity contribution in [2.75, 3.05) is 4.72 Å². The van der Waals surface area contributed by atoms with E-state index in [1.54, 1.807) is 42.5 Å².